The molecular weight excluding hydrogens is 324 g/mol. The summed E-state index contributed by atoms with van der Waals surface area (Å²) in [6.07, 6.45) is 0. The fourth-order valence-corrected chi connectivity index (χ4v) is 22.8. The maximum absolute atomic E-state index is 7.44. The van der Waals surface area contributed by atoms with Crippen LogP contribution in [0.1, 0.15) is 83.1 Å². The predicted octanol–water partition coefficient (Wildman–Crippen LogP) is 7.50. The number of alkyl halides is 1. The molecule has 22 heavy (non-hydrogen) atoms. The lowest BCUT2D eigenvalue weighted by Crippen LogP contribution is -2.66. The maximum atomic E-state index is 7.44. The van der Waals surface area contributed by atoms with Crippen LogP contribution in [0.15, 0.2) is 0 Å². The van der Waals surface area contributed by atoms with Gasteiger partial charge in [-0.05, 0) is 41.6 Å². The standard InChI is InChI=1S/C18H41ClOSi2/c1-13(2)21(14(3)4,15(5)6)20-22(16(7)8,17(9)10)18(11,12)19/h13-17H,1-12H3. The Labute approximate surface area is 147 Å². The van der Waals surface area contributed by atoms with E-state index < -0.39 is 16.6 Å². The van der Waals surface area contributed by atoms with Crippen molar-refractivity contribution < 1.29 is 4.12 Å². The Bertz CT molecular complexity index is 314. The van der Waals surface area contributed by atoms with Crippen LogP contribution in [0.5, 0.6) is 0 Å². The molecule has 0 atom stereocenters. The van der Waals surface area contributed by atoms with Crippen LogP contribution in [0, 0.1) is 0 Å². The van der Waals surface area contributed by atoms with Gasteiger partial charge in [-0.25, -0.2) is 0 Å². The zero-order valence-corrected chi connectivity index (χ0v) is 19.9. The van der Waals surface area contributed by atoms with Gasteiger partial charge in [0, 0.05) is 0 Å². The zero-order valence-electron chi connectivity index (χ0n) is 17.2. The Balaban J connectivity index is 6.30. The summed E-state index contributed by atoms with van der Waals surface area (Å²) < 4.78 is 7.19. The van der Waals surface area contributed by atoms with E-state index in [9.17, 15) is 0 Å². The van der Waals surface area contributed by atoms with Crippen molar-refractivity contribution in [1.82, 2.24) is 0 Å². The quantitative estimate of drug-likeness (QED) is 0.320. The summed E-state index contributed by atoms with van der Waals surface area (Å²) >= 11 is 7.03. The summed E-state index contributed by atoms with van der Waals surface area (Å²) in [7, 11) is -4.07. The molecule has 0 heterocycles. The molecule has 134 valence electrons. The molecular formula is C18H41ClOSi2. The van der Waals surface area contributed by atoms with Crippen LogP contribution in [0.4, 0.5) is 0 Å². The molecule has 0 aliphatic rings. The van der Waals surface area contributed by atoms with Gasteiger partial charge in [-0.15, -0.1) is 11.6 Å². The maximum Gasteiger partial charge on any atom is 0.205 e. The highest BCUT2D eigenvalue weighted by Crippen LogP contribution is 2.52. The predicted molar refractivity (Wildman–Crippen MR) is 108 cm³/mol. The first-order valence-corrected chi connectivity index (χ1v) is 13.6. The second-order valence-corrected chi connectivity index (χ2v) is 21.4. The molecule has 0 amide bonds. The topological polar surface area (TPSA) is 9.23 Å². The molecule has 0 aliphatic carbocycles. The Morgan fingerprint density at radius 3 is 1.05 bits per heavy atom. The summed E-state index contributed by atoms with van der Waals surface area (Å²) in [6.45, 7) is 27.9. The molecule has 0 aromatic carbocycles. The van der Waals surface area contributed by atoms with E-state index >= 15 is 0 Å². The van der Waals surface area contributed by atoms with E-state index in [0.29, 0.717) is 27.7 Å². The lowest BCUT2D eigenvalue weighted by molar-refractivity contribution is 0.420. The van der Waals surface area contributed by atoms with E-state index in [1.807, 2.05) is 0 Å². The molecule has 0 radical (unpaired) electrons. The first-order chi connectivity index (χ1) is 9.67. The van der Waals surface area contributed by atoms with Crippen molar-refractivity contribution in [2.24, 2.45) is 0 Å². The van der Waals surface area contributed by atoms with Crippen molar-refractivity contribution in [2.45, 2.75) is 115 Å². The van der Waals surface area contributed by atoms with Gasteiger partial charge < -0.3 is 4.12 Å². The monoisotopic (exact) mass is 364 g/mol. The van der Waals surface area contributed by atoms with Crippen LogP contribution in [0.2, 0.25) is 27.7 Å². The van der Waals surface area contributed by atoms with Crippen molar-refractivity contribution >= 4 is 28.2 Å². The molecule has 0 spiro atoms. The van der Waals surface area contributed by atoms with Crippen LogP contribution in [-0.2, 0) is 4.12 Å². The molecule has 0 bridgehead atoms. The number of hydrogen-bond acceptors (Lipinski definition) is 1. The molecule has 0 fully saturated rings. The summed E-state index contributed by atoms with van der Waals surface area (Å²) in [5.74, 6) is 0. The van der Waals surface area contributed by atoms with Crippen molar-refractivity contribution in [3.8, 4) is 0 Å². The van der Waals surface area contributed by atoms with Crippen molar-refractivity contribution in [1.29, 1.82) is 0 Å². The van der Waals surface area contributed by atoms with E-state index in [2.05, 4.69) is 83.1 Å². The molecule has 0 saturated heterocycles. The third-order valence-electron chi connectivity index (χ3n) is 5.70. The van der Waals surface area contributed by atoms with Crippen molar-refractivity contribution in [2.75, 3.05) is 0 Å². The fourth-order valence-electron chi connectivity index (χ4n) is 5.04. The molecule has 0 aromatic rings. The van der Waals surface area contributed by atoms with Crippen LogP contribution in [0.3, 0.4) is 0 Å². The van der Waals surface area contributed by atoms with E-state index in [1.165, 1.54) is 0 Å². The van der Waals surface area contributed by atoms with E-state index in [1.54, 1.807) is 0 Å². The van der Waals surface area contributed by atoms with E-state index in [0.717, 1.165) is 0 Å². The van der Waals surface area contributed by atoms with Gasteiger partial charge in [0.25, 0.3) is 0 Å². The van der Waals surface area contributed by atoms with Gasteiger partial charge in [0.1, 0.15) is 0 Å². The lowest BCUT2D eigenvalue weighted by Gasteiger charge is -2.56. The van der Waals surface area contributed by atoms with Gasteiger partial charge in [0.05, 0.1) is 4.50 Å². The Kier molecular flexibility index (Phi) is 7.95. The molecule has 0 aliphatic heterocycles. The van der Waals surface area contributed by atoms with Crippen LogP contribution in [0.25, 0.3) is 0 Å². The number of halogens is 1. The molecule has 1 nitrogen and oxygen atoms in total. The van der Waals surface area contributed by atoms with Gasteiger partial charge in [-0.1, -0.05) is 69.2 Å². The van der Waals surface area contributed by atoms with E-state index in [4.69, 9.17) is 15.7 Å². The van der Waals surface area contributed by atoms with E-state index in [-0.39, 0.29) is 4.50 Å². The highest BCUT2D eigenvalue weighted by Gasteiger charge is 2.59. The summed E-state index contributed by atoms with van der Waals surface area (Å²) in [4.78, 5) is 0. The molecule has 0 aromatic heterocycles. The number of rotatable bonds is 8. The smallest absolute Gasteiger partial charge is 0.205 e. The largest absolute Gasteiger partial charge is 0.453 e. The minimum atomic E-state index is -2.15. The number of hydrogen-bond donors (Lipinski definition) is 0. The normalized spacial score (nSPS) is 15.0. The third kappa shape index (κ3) is 3.84. The average Bonchev–Trinajstić information content (AvgIpc) is 2.25. The second-order valence-electron chi connectivity index (χ2n) is 8.99. The second kappa shape index (κ2) is 7.71. The highest BCUT2D eigenvalue weighted by atomic mass is 35.5. The molecule has 0 saturated carbocycles. The summed E-state index contributed by atoms with van der Waals surface area (Å²) in [6, 6.07) is 0. The first kappa shape index (κ1) is 22.7. The minimum absolute atomic E-state index is 0.258. The Morgan fingerprint density at radius 1 is 0.636 bits per heavy atom. The van der Waals surface area contributed by atoms with Gasteiger partial charge in [0.15, 0.2) is 8.32 Å². The summed E-state index contributed by atoms with van der Waals surface area (Å²) in [5, 5.41) is 0. The van der Waals surface area contributed by atoms with Gasteiger partial charge >= 0.3 is 0 Å². The third-order valence-corrected chi connectivity index (χ3v) is 20.1. The molecule has 0 rings (SSSR count). The average molecular weight is 365 g/mol. The molecule has 0 unspecified atom stereocenters. The van der Waals surface area contributed by atoms with Crippen molar-refractivity contribution in [3.05, 3.63) is 0 Å². The Hall–Kier alpha value is 0.684. The minimum Gasteiger partial charge on any atom is -0.453 e. The fraction of sp³-hybridized carbons (Fsp3) is 1.00. The SMILES string of the molecule is CC(C)[Si](O[Si](C(C)C)(C(C)C)C(C)(C)Cl)(C(C)C)C(C)C. The first-order valence-electron chi connectivity index (χ1n) is 9.06. The highest BCUT2D eigenvalue weighted by molar-refractivity contribution is 6.94. The molecule has 0 N–H and O–H groups in total. The lowest BCUT2D eigenvalue weighted by atomic mass is 10.5. The zero-order chi connectivity index (χ0) is 18.1. The van der Waals surface area contributed by atoms with Gasteiger partial charge in [-0.2, -0.15) is 0 Å². The van der Waals surface area contributed by atoms with Crippen LogP contribution < -0.4 is 0 Å². The molecule has 4 heteroatoms. The van der Waals surface area contributed by atoms with Crippen molar-refractivity contribution in [3.63, 3.8) is 0 Å². The van der Waals surface area contributed by atoms with Gasteiger partial charge in [-0.3, -0.25) is 0 Å². The van der Waals surface area contributed by atoms with Gasteiger partial charge in [0.2, 0.25) is 8.32 Å². The Morgan fingerprint density at radius 2 is 0.909 bits per heavy atom. The van der Waals surface area contributed by atoms with Crippen LogP contribution in [-0.4, -0.2) is 21.1 Å². The van der Waals surface area contributed by atoms with Crippen LogP contribution >= 0.6 is 11.6 Å². The summed E-state index contributed by atoms with van der Waals surface area (Å²) in [5.41, 5.74) is 2.86.